The van der Waals surface area contributed by atoms with Crippen molar-refractivity contribution in [1.82, 2.24) is 19.7 Å². The Balaban J connectivity index is 1.57. The molecule has 0 aromatic carbocycles. The van der Waals surface area contributed by atoms with E-state index in [1.807, 2.05) is 18.3 Å². The van der Waals surface area contributed by atoms with Gasteiger partial charge in [-0.3, -0.25) is 4.98 Å². The number of rotatable bonds is 3. The fraction of sp³-hybridized carbons (Fsp3) is 0.400. The van der Waals surface area contributed by atoms with E-state index < -0.39 is 0 Å². The maximum Gasteiger partial charge on any atom is 0.152 e. The standard InChI is InChI=1S/C15H17N5S/c1-2-4-13-18-19-14(20(13)8-3-1)10-17-11-5-7-16-12-6-9-21-15(11)12/h5-7,9H,1-4,8,10H2,(H,16,17). The van der Waals surface area contributed by atoms with Gasteiger partial charge in [0.1, 0.15) is 5.82 Å². The lowest BCUT2D eigenvalue weighted by Gasteiger charge is -2.09. The molecule has 0 bridgehead atoms. The Morgan fingerprint density at radius 2 is 2.19 bits per heavy atom. The van der Waals surface area contributed by atoms with Crippen LogP contribution in [-0.2, 0) is 19.5 Å². The van der Waals surface area contributed by atoms with Crippen molar-refractivity contribution in [2.45, 2.75) is 38.8 Å². The van der Waals surface area contributed by atoms with Crippen molar-refractivity contribution in [3.05, 3.63) is 35.4 Å². The second-order valence-electron chi connectivity index (χ2n) is 5.34. The van der Waals surface area contributed by atoms with Gasteiger partial charge in [0.05, 0.1) is 22.4 Å². The first kappa shape index (κ1) is 12.8. The van der Waals surface area contributed by atoms with E-state index >= 15 is 0 Å². The lowest BCUT2D eigenvalue weighted by atomic mass is 10.2. The third kappa shape index (κ3) is 2.40. The number of aromatic nitrogens is 4. The third-order valence-electron chi connectivity index (χ3n) is 3.97. The summed E-state index contributed by atoms with van der Waals surface area (Å²) in [6.45, 7) is 1.76. The van der Waals surface area contributed by atoms with Crippen LogP contribution in [0.25, 0.3) is 10.2 Å². The van der Waals surface area contributed by atoms with E-state index in [9.17, 15) is 0 Å². The maximum atomic E-state index is 4.37. The Morgan fingerprint density at radius 1 is 1.19 bits per heavy atom. The molecule has 0 fully saturated rings. The van der Waals surface area contributed by atoms with Crippen LogP contribution in [0.1, 0.15) is 30.9 Å². The highest BCUT2D eigenvalue weighted by Crippen LogP contribution is 2.27. The molecule has 5 nitrogen and oxygen atoms in total. The van der Waals surface area contributed by atoms with E-state index in [2.05, 4.69) is 30.4 Å². The Kier molecular flexibility index (Phi) is 3.31. The van der Waals surface area contributed by atoms with Crippen LogP contribution in [0.3, 0.4) is 0 Å². The van der Waals surface area contributed by atoms with Gasteiger partial charge in [0.25, 0.3) is 0 Å². The third-order valence-corrected chi connectivity index (χ3v) is 4.90. The molecule has 108 valence electrons. The molecule has 0 atom stereocenters. The zero-order chi connectivity index (χ0) is 14.1. The molecule has 0 radical (unpaired) electrons. The van der Waals surface area contributed by atoms with Gasteiger partial charge in [-0.25, -0.2) is 0 Å². The molecule has 4 rings (SSSR count). The van der Waals surface area contributed by atoms with Crippen LogP contribution in [0.4, 0.5) is 5.69 Å². The largest absolute Gasteiger partial charge is 0.376 e. The summed E-state index contributed by atoms with van der Waals surface area (Å²) in [7, 11) is 0. The number of thiophene rings is 1. The number of aryl methyl sites for hydroxylation is 1. The molecule has 3 aromatic rings. The minimum Gasteiger partial charge on any atom is -0.376 e. The molecule has 0 unspecified atom stereocenters. The molecule has 1 aliphatic heterocycles. The number of hydrogen-bond donors (Lipinski definition) is 1. The molecule has 0 amide bonds. The van der Waals surface area contributed by atoms with E-state index in [0.29, 0.717) is 6.54 Å². The zero-order valence-corrected chi connectivity index (χ0v) is 12.6. The molecular formula is C15H17N5S. The van der Waals surface area contributed by atoms with Crippen LogP contribution in [0, 0.1) is 0 Å². The molecule has 1 aliphatic rings. The van der Waals surface area contributed by atoms with Gasteiger partial charge in [-0.05, 0) is 30.4 Å². The summed E-state index contributed by atoms with van der Waals surface area (Å²) in [4.78, 5) is 4.37. The Morgan fingerprint density at radius 3 is 3.19 bits per heavy atom. The van der Waals surface area contributed by atoms with E-state index in [-0.39, 0.29) is 0 Å². The van der Waals surface area contributed by atoms with Gasteiger partial charge >= 0.3 is 0 Å². The molecule has 0 saturated carbocycles. The molecule has 0 spiro atoms. The lowest BCUT2D eigenvalue weighted by molar-refractivity contribution is 0.610. The normalized spacial score (nSPS) is 14.9. The lowest BCUT2D eigenvalue weighted by Crippen LogP contribution is -2.10. The van der Waals surface area contributed by atoms with Crippen LogP contribution < -0.4 is 5.32 Å². The summed E-state index contributed by atoms with van der Waals surface area (Å²) >= 11 is 1.72. The van der Waals surface area contributed by atoms with E-state index in [0.717, 1.165) is 35.8 Å². The van der Waals surface area contributed by atoms with Crippen LogP contribution in [-0.4, -0.2) is 19.7 Å². The SMILES string of the molecule is c1cc(NCc2nnc3n2CCCCC3)c2sccc2n1. The average Bonchev–Trinajstić information content (AvgIpc) is 3.06. The Labute approximate surface area is 127 Å². The number of fused-ring (bicyclic) bond motifs is 2. The summed E-state index contributed by atoms with van der Waals surface area (Å²) in [5.41, 5.74) is 2.17. The van der Waals surface area contributed by atoms with Crippen molar-refractivity contribution in [3.63, 3.8) is 0 Å². The second kappa shape index (κ2) is 5.44. The average molecular weight is 299 g/mol. The molecule has 0 saturated heterocycles. The maximum absolute atomic E-state index is 4.37. The topological polar surface area (TPSA) is 55.6 Å². The summed E-state index contributed by atoms with van der Waals surface area (Å²) in [5, 5.41) is 14.3. The molecular weight excluding hydrogens is 282 g/mol. The van der Waals surface area contributed by atoms with Crippen molar-refractivity contribution in [2.75, 3.05) is 5.32 Å². The fourth-order valence-corrected chi connectivity index (χ4v) is 3.70. The molecule has 3 aromatic heterocycles. The van der Waals surface area contributed by atoms with Crippen LogP contribution in [0.5, 0.6) is 0 Å². The number of nitrogens with one attached hydrogen (secondary N) is 1. The Bertz CT molecular complexity index is 760. The monoisotopic (exact) mass is 299 g/mol. The van der Waals surface area contributed by atoms with Gasteiger partial charge < -0.3 is 9.88 Å². The van der Waals surface area contributed by atoms with Gasteiger partial charge in [-0.2, -0.15) is 0 Å². The van der Waals surface area contributed by atoms with Crippen LogP contribution in [0.2, 0.25) is 0 Å². The zero-order valence-electron chi connectivity index (χ0n) is 11.7. The molecule has 0 aliphatic carbocycles. The predicted octanol–water partition coefficient (Wildman–Crippen LogP) is 3.23. The molecule has 21 heavy (non-hydrogen) atoms. The minimum absolute atomic E-state index is 0.712. The minimum atomic E-state index is 0.712. The highest BCUT2D eigenvalue weighted by molar-refractivity contribution is 7.17. The first-order valence-corrected chi connectivity index (χ1v) is 8.27. The Hall–Kier alpha value is -1.95. The van der Waals surface area contributed by atoms with Gasteiger partial charge in [-0.15, -0.1) is 21.5 Å². The van der Waals surface area contributed by atoms with Gasteiger partial charge in [0, 0.05) is 19.2 Å². The summed E-state index contributed by atoms with van der Waals surface area (Å²) < 4.78 is 3.49. The van der Waals surface area contributed by atoms with Crippen molar-refractivity contribution < 1.29 is 0 Å². The number of pyridine rings is 1. The summed E-state index contributed by atoms with van der Waals surface area (Å²) in [6, 6.07) is 4.08. The van der Waals surface area contributed by atoms with Gasteiger partial charge in [0.15, 0.2) is 5.82 Å². The highest BCUT2D eigenvalue weighted by Gasteiger charge is 2.14. The van der Waals surface area contributed by atoms with Crippen molar-refractivity contribution in [3.8, 4) is 0 Å². The van der Waals surface area contributed by atoms with Gasteiger partial charge in [-0.1, -0.05) is 6.42 Å². The van der Waals surface area contributed by atoms with Crippen LogP contribution in [0.15, 0.2) is 23.7 Å². The van der Waals surface area contributed by atoms with Crippen LogP contribution >= 0.6 is 11.3 Å². The molecule has 6 heteroatoms. The molecule has 1 N–H and O–H groups in total. The quantitative estimate of drug-likeness (QED) is 0.806. The van der Waals surface area contributed by atoms with Gasteiger partial charge in [0.2, 0.25) is 0 Å². The summed E-state index contributed by atoms with van der Waals surface area (Å²) in [6.07, 6.45) is 6.64. The van der Waals surface area contributed by atoms with E-state index in [4.69, 9.17) is 0 Å². The molecule has 4 heterocycles. The highest BCUT2D eigenvalue weighted by atomic mass is 32.1. The number of hydrogen-bond acceptors (Lipinski definition) is 5. The summed E-state index contributed by atoms with van der Waals surface area (Å²) in [5.74, 6) is 2.17. The first-order chi connectivity index (χ1) is 10.4. The first-order valence-electron chi connectivity index (χ1n) is 7.39. The number of nitrogens with zero attached hydrogens (tertiary/aromatic N) is 4. The van der Waals surface area contributed by atoms with E-state index in [1.165, 1.54) is 24.0 Å². The van der Waals surface area contributed by atoms with Crippen molar-refractivity contribution in [2.24, 2.45) is 0 Å². The second-order valence-corrected chi connectivity index (χ2v) is 6.26. The number of anilines is 1. The van der Waals surface area contributed by atoms with Crippen molar-refractivity contribution in [1.29, 1.82) is 0 Å². The van der Waals surface area contributed by atoms with E-state index in [1.54, 1.807) is 11.3 Å². The van der Waals surface area contributed by atoms with Crippen molar-refractivity contribution >= 4 is 27.2 Å². The fourth-order valence-electron chi connectivity index (χ4n) is 2.86. The predicted molar refractivity (Wildman–Crippen MR) is 84.5 cm³/mol. The smallest absolute Gasteiger partial charge is 0.152 e.